The predicted octanol–water partition coefficient (Wildman–Crippen LogP) is 7.21. The van der Waals surface area contributed by atoms with Gasteiger partial charge < -0.3 is 19.0 Å². The second-order valence-corrected chi connectivity index (χ2v) is 11.3. The molecular formula is C35H34O6. The van der Waals surface area contributed by atoms with Gasteiger partial charge >= 0.3 is 0 Å². The monoisotopic (exact) mass is 550 g/mol. The average Bonchev–Trinajstić information content (AvgIpc) is 3.31. The van der Waals surface area contributed by atoms with E-state index in [1.54, 1.807) is 31.4 Å². The summed E-state index contributed by atoms with van der Waals surface area (Å²) in [6.45, 7) is 2.18. The fraction of sp³-hybridized carbons (Fsp3) is 0.314. The number of hydrogen-bond donors (Lipinski definition) is 1. The maximum atomic E-state index is 12.6. The second-order valence-electron chi connectivity index (χ2n) is 11.3. The van der Waals surface area contributed by atoms with Crippen LogP contribution >= 0.6 is 0 Å². The first-order chi connectivity index (χ1) is 19.9. The van der Waals surface area contributed by atoms with E-state index in [4.69, 9.17) is 13.9 Å². The largest absolute Gasteiger partial charge is 0.508 e. The summed E-state index contributed by atoms with van der Waals surface area (Å²) in [6, 6.07) is 20.4. The van der Waals surface area contributed by atoms with Gasteiger partial charge in [0.15, 0.2) is 17.1 Å². The van der Waals surface area contributed by atoms with E-state index in [0.29, 0.717) is 45.8 Å². The molecule has 0 spiro atoms. The fourth-order valence-electron chi connectivity index (χ4n) is 7.03. The van der Waals surface area contributed by atoms with Crippen molar-refractivity contribution in [2.24, 2.45) is 11.3 Å². The highest BCUT2D eigenvalue weighted by atomic mass is 16.5. The number of carbonyl (C=O) groups excluding carboxylic acids is 1. The van der Waals surface area contributed by atoms with Crippen molar-refractivity contribution in [3.8, 4) is 28.6 Å². The Balaban J connectivity index is 0.000000148. The van der Waals surface area contributed by atoms with Crippen LogP contribution in [-0.2, 0) is 11.2 Å². The molecule has 6 nitrogen and oxygen atoms in total. The molecule has 7 rings (SSSR count). The Hall–Kier alpha value is -4.32. The maximum Gasteiger partial charge on any atom is 0.235 e. The van der Waals surface area contributed by atoms with Crippen LogP contribution in [0.1, 0.15) is 49.7 Å². The van der Waals surface area contributed by atoms with Crippen LogP contribution in [-0.4, -0.2) is 25.1 Å². The molecule has 1 heterocycles. The van der Waals surface area contributed by atoms with Crippen LogP contribution in [0.3, 0.4) is 0 Å². The normalized spacial score (nSPS) is 22.5. The maximum absolute atomic E-state index is 12.6. The van der Waals surface area contributed by atoms with Crippen LogP contribution in [0.25, 0.3) is 22.3 Å². The van der Waals surface area contributed by atoms with E-state index in [0.717, 1.165) is 37.7 Å². The quantitative estimate of drug-likeness (QED) is 0.271. The molecule has 2 saturated carbocycles. The average molecular weight is 551 g/mol. The van der Waals surface area contributed by atoms with Gasteiger partial charge in [0.1, 0.15) is 11.5 Å². The van der Waals surface area contributed by atoms with Crippen molar-refractivity contribution in [1.29, 1.82) is 0 Å². The molecule has 3 atom stereocenters. The van der Waals surface area contributed by atoms with Gasteiger partial charge in [0.2, 0.25) is 11.2 Å². The molecule has 3 unspecified atom stereocenters. The highest BCUT2D eigenvalue weighted by Gasteiger charge is 2.52. The Kier molecular flexibility index (Phi) is 6.94. The third-order valence-corrected chi connectivity index (χ3v) is 9.18. The van der Waals surface area contributed by atoms with Gasteiger partial charge in [-0.2, -0.15) is 0 Å². The highest BCUT2D eigenvalue weighted by molar-refractivity contribution is 5.88. The smallest absolute Gasteiger partial charge is 0.235 e. The number of methoxy groups -OCH3 is 2. The lowest BCUT2D eigenvalue weighted by Crippen LogP contribution is -2.37. The standard InChI is InChI=1S/C18H20O2.C17H14O4/c1-18-9-8-14-13-5-3-12(19)10-11(13)2-4-15(14)16(18)6-7-17(18)20;1-19-13-10-6-9-12-14(18)17(20-2)15(21-16(12)13)11-7-4-3-5-8-11/h3-5,10,14,16,19H,2,6-9H2,1H3;3-10H,1-2H3. The molecule has 1 aromatic heterocycles. The van der Waals surface area contributed by atoms with Crippen molar-refractivity contribution in [2.45, 2.75) is 44.9 Å². The van der Waals surface area contributed by atoms with Gasteiger partial charge in [-0.1, -0.05) is 61.0 Å². The topological polar surface area (TPSA) is 86.0 Å². The van der Waals surface area contributed by atoms with Gasteiger partial charge in [-0.3, -0.25) is 9.59 Å². The molecule has 1 N–H and O–H groups in total. The number of allylic oxidation sites excluding steroid dienone is 2. The number of Topliss-reactive ketones (excluding diaryl/α,β-unsaturated/α-hetero) is 1. The summed E-state index contributed by atoms with van der Waals surface area (Å²) in [4.78, 5) is 24.8. The predicted molar refractivity (Wildman–Crippen MR) is 159 cm³/mol. The second kappa shape index (κ2) is 10.6. The molecule has 0 bridgehead atoms. The van der Waals surface area contributed by atoms with Crippen molar-refractivity contribution >= 4 is 16.8 Å². The molecule has 3 aliphatic rings. The van der Waals surface area contributed by atoms with Crippen molar-refractivity contribution in [3.05, 3.63) is 99.7 Å². The number of rotatable bonds is 3. The third-order valence-electron chi connectivity index (χ3n) is 9.18. The summed E-state index contributed by atoms with van der Waals surface area (Å²) in [5.74, 6) is 2.88. The summed E-state index contributed by atoms with van der Waals surface area (Å²) < 4.78 is 16.5. The molecule has 6 heteroatoms. The fourth-order valence-corrected chi connectivity index (χ4v) is 7.03. The summed E-state index contributed by atoms with van der Waals surface area (Å²) in [5.41, 5.74) is 5.02. The van der Waals surface area contributed by atoms with Gasteiger partial charge in [0.05, 0.1) is 19.6 Å². The summed E-state index contributed by atoms with van der Waals surface area (Å²) >= 11 is 0. The van der Waals surface area contributed by atoms with E-state index < -0.39 is 0 Å². The molecule has 210 valence electrons. The minimum absolute atomic E-state index is 0.100. The molecule has 4 aromatic rings. The van der Waals surface area contributed by atoms with Crippen LogP contribution in [0.15, 0.2) is 87.6 Å². The number of phenolic OH excluding ortho intramolecular Hbond substituents is 1. The van der Waals surface area contributed by atoms with Gasteiger partial charge in [-0.05, 0) is 67.0 Å². The zero-order valence-electron chi connectivity index (χ0n) is 23.6. The molecule has 0 amide bonds. The Bertz CT molecular complexity index is 1720. The summed E-state index contributed by atoms with van der Waals surface area (Å²) in [6.07, 6.45) is 7.11. The van der Waals surface area contributed by atoms with E-state index in [1.807, 2.05) is 36.4 Å². The number of carbonyl (C=O) groups is 1. The lowest BCUT2D eigenvalue weighted by Gasteiger charge is -2.43. The van der Waals surface area contributed by atoms with Crippen molar-refractivity contribution in [1.82, 2.24) is 0 Å². The van der Waals surface area contributed by atoms with Crippen molar-refractivity contribution in [2.75, 3.05) is 14.2 Å². The van der Waals surface area contributed by atoms with Gasteiger partial charge in [0.25, 0.3) is 0 Å². The molecule has 41 heavy (non-hydrogen) atoms. The number of hydrogen-bond acceptors (Lipinski definition) is 6. The molecule has 0 radical (unpaired) electrons. The van der Waals surface area contributed by atoms with E-state index in [-0.39, 0.29) is 16.6 Å². The lowest BCUT2D eigenvalue weighted by atomic mass is 9.60. The molecule has 3 aromatic carbocycles. The molecular weight excluding hydrogens is 516 g/mol. The van der Waals surface area contributed by atoms with Crippen LogP contribution in [0.5, 0.6) is 17.2 Å². The van der Waals surface area contributed by atoms with E-state index in [9.17, 15) is 14.7 Å². The minimum Gasteiger partial charge on any atom is -0.508 e. The number of ketones is 1. The Morgan fingerprint density at radius 2 is 1.76 bits per heavy atom. The number of fused-ring (bicyclic) bond motifs is 6. The summed E-state index contributed by atoms with van der Waals surface area (Å²) in [5, 5.41) is 10.1. The van der Waals surface area contributed by atoms with Gasteiger partial charge in [-0.15, -0.1) is 0 Å². The Morgan fingerprint density at radius 1 is 0.951 bits per heavy atom. The molecule has 0 saturated heterocycles. The number of aromatic hydroxyl groups is 1. The highest BCUT2D eigenvalue weighted by Crippen LogP contribution is 2.57. The third kappa shape index (κ3) is 4.51. The SMILES string of the molecule is CC12CCC3C(=CCc4cc(O)ccc43)C1CCC2=O.COc1c(-c2ccccc2)oc2c(OC)cccc2c1=O. The van der Waals surface area contributed by atoms with Crippen molar-refractivity contribution in [3.63, 3.8) is 0 Å². The summed E-state index contributed by atoms with van der Waals surface area (Å²) in [7, 11) is 3.01. The number of phenols is 1. The minimum atomic E-state index is -0.212. The zero-order valence-corrected chi connectivity index (χ0v) is 23.6. The number of benzene rings is 3. The molecule has 3 aliphatic carbocycles. The zero-order chi connectivity index (χ0) is 28.7. The molecule has 2 fully saturated rings. The number of para-hydroxylation sites is 1. The van der Waals surface area contributed by atoms with Crippen LogP contribution < -0.4 is 14.9 Å². The van der Waals surface area contributed by atoms with E-state index >= 15 is 0 Å². The van der Waals surface area contributed by atoms with Crippen LogP contribution in [0.2, 0.25) is 0 Å². The van der Waals surface area contributed by atoms with Crippen LogP contribution in [0.4, 0.5) is 0 Å². The number of ether oxygens (including phenoxy) is 2. The first-order valence-corrected chi connectivity index (χ1v) is 14.1. The first kappa shape index (κ1) is 26.9. The van der Waals surface area contributed by atoms with E-state index in [1.165, 1.54) is 23.8 Å². The van der Waals surface area contributed by atoms with Crippen molar-refractivity contribution < 1.29 is 23.8 Å². The Morgan fingerprint density at radius 3 is 2.51 bits per heavy atom. The first-order valence-electron chi connectivity index (χ1n) is 14.1. The van der Waals surface area contributed by atoms with Gasteiger partial charge in [-0.25, -0.2) is 0 Å². The van der Waals surface area contributed by atoms with Gasteiger partial charge in [0, 0.05) is 23.3 Å². The Labute approximate surface area is 239 Å². The van der Waals surface area contributed by atoms with E-state index in [2.05, 4.69) is 19.1 Å². The lowest BCUT2D eigenvalue weighted by molar-refractivity contribution is -0.126. The molecule has 0 aliphatic heterocycles. The van der Waals surface area contributed by atoms with Crippen LogP contribution in [0, 0.1) is 11.3 Å².